The van der Waals surface area contributed by atoms with E-state index in [9.17, 15) is 9.18 Å². The van der Waals surface area contributed by atoms with Crippen molar-refractivity contribution >= 4 is 38.3 Å². The van der Waals surface area contributed by atoms with Gasteiger partial charge in [0.05, 0.1) is 15.9 Å². The molecule has 1 amide bonds. The average Bonchev–Trinajstić information content (AvgIpc) is 3.09. The highest BCUT2D eigenvalue weighted by Gasteiger charge is 2.28. The van der Waals surface area contributed by atoms with Crippen LogP contribution in [0.1, 0.15) is 5.56 Å². The van der Waals surface area contributed by atoms with Crippen LogP contribution in [0, 0.1) is 12.7 Å². The fourth-order valence-corrected chi connectivity index (χ4v) is 3.57. The first-order valence-corrected chi connectivity index (χ1v) is 8.86. The minimum Gasteiger partial charge on any atom is -0.494 e. The fraction of sp³-hybridized carbons (Fsp3) is 0.158. The minimum absolute atomic E-state index is 0.0662. The molecule has 132 valence electrons. The van der Waals surface area contributed by atoms with Crippen LogP contribution >= 0.6 is 11.3 Å². The number of halogens is 1. The van der Waals surface area contributed by atoms with E-state index in [0.717, 1.165) is 10.2 Å². The lowest BCUT2D eigenvalue weighted by molar-refractivity contribution is -0.119. The van der Waals surface area contributed by atoms with Crippen molar-refractivity contribution in [2.24, 2.45) is 0 Å². The van der Waals surface area contributed by atoms with Crippen LogP contribution in [-0.4, -0.2) is 24.1 Å². The number of rotatable bonds is 3. The maximum absolute atomic E-state index is 14.1. The second-order valence-corrected chi connectivity index (χ2v) is 6.75. The quantitative estimate of drug-likeness (QED) is 0.690. The van der Waals surface area contributed by atoms with Crippen molar-refractivity contribution in [2.75, 3.05) is 18.1 Å². The summed E-state index contributed by atoms with van der Waals surface area (Å²) in [5, 5.41) is 0.439. The van der Waals surface area contributed by atoms with Crippen molar-refractivity contribution in [3.05, 3.63) is 65.9 Å². The molecule has 0 N–H and O–H groups in total. The van der Waals surface area contributed by atoms with Crippen molar-refractivity contribution in [1.29, 1.82) is 0 Å². The summed E-state index contributed by atoms with van der Waals surface area (Å²) >= 11 is 1.35. The number of benzene rings is 2. The molecular formula is C19H15FN2O3S. The molecule has 0 aliphatic carbocycles. The van der Waals surface area contributed by atoms with Gasteiger partial charge < -0.3 is 9.47 Å². The summed E-state index contributed by atoms with van der Waals surface area (Å²) in [6.07, 6.45) is 1.29. The molecule has 26 heavy (non-hydrogen) atoms. The van der Waals surface area contributed by atoms with Crippen molar-refractivity contribution in [3.63, 3.8) is 0 Å². The van der Waals surface area contributed by atoms with E-state index in [0.29, 0.717) is 23.0 Å². The topological polar surface area (TPSA) is 51.7 Å². The number of carbonyl (C=O) groups excluding carboxylic acids is 1. The van der Waals surface area contributed by atoms with Gasteiger partial charge in [0.15, 0.2) is 5.13 Å². The van der Waals surface area contributed by atoms with Crippen LogP contribution < -0.4 is 4.90 Å². The Morgan fingerprint density at radius 1 is 1.23 bits per heavy atom. The van der Waals surface area contributed by atoms with Gasteiger partial charge in [-0.3, -0.25) is 4.79 Å². The van der Waals surface area contributed by atoms with Gasteiger partial charge in [0.1, 0.15) is 25.3 Å². The number of hydrogen-bond donors (Lipinski definition) is 0. The van der Waals surface area contributed by atoms with E-state index >= 15 is 0 Å². The first-order chi connectivity index (χ1) is 12.6. The standard InChI is InChI=1S/C19H15FN2O3S/c1-12-6-7-13(10-14(12)20)22(18(23)16-11-24-8-9-25-16)19-21-15-4-2-3-5-17(15)26-19/h2-7,10-11H,8-9H2,1H3. The molecule has 0 radical (unpaired) electrons. The maximum Gasteiger partial charge on any atom is 0.303 e. The van der Waals surface area contributed by atoms with Crippen molar-refractivity contribution in [3.8, 4) is 0 Å². The zero-order valence-electron chi connectivity index (χ0n) is 13.9. The van der Waals surface area contributed by atoms with Crippen LogP contribution in [0.25, 0.3) is 10.2 Å². The van der Waals surface area contributed by atoms with Crippen LogP contribution in [0.5, 0.6) is 0 Å². The van der Waals surface area contributed by atoms with Crippen LogP contribution in [0.2, 0.25) is 0 Å². The number of hydrogen-bond acceptors (Lipinski definition) is 5. The van der Waals surface area contributed by atoms with Gasteiger partial charge in [0.25, 0.3) is 0 Å². The highest BCUT2D eigenvalue weighted by atomic mass is 32.1. The number of aryl methyl sites for hydroxylation is 1. The van der Waals surface area contributed by atoms with Gasteiger partial charge in [-0.15, -0.1) is 0 Å². The number of carbonyl (C=O) groups is 1. The molecular weight excluding hydrogens is 355 g/mol. The Hall–Kier alpha value is -2.93. The van der Waals surface area contributed by atoms with Gasteiger partial charge in [-0.25, -0.2) is 14.3 Å². The third-order valence-corrected chi connectivity index (χ3v) is 4.97. The Kier molecular flexibility index (Phi) is 4.30. The first kappa shape index (κ1) is 16.5. The van der Waals surface area contributed by atoms with E-state index in [1.54, 1.807) is 19.1 Å². The summed E-state index contributed by atoms with van der Waals surface area (Å²) in [6, 6.07) is 12.2. The second-order valence-electron chi connectivity index (χ2n) is 5.74. The van der Waals surface area contributed by atoms with Crippen molar-refractivity contribution < 1.29 is 18.7 Å². The third-order valence-electron chi connectivity index (χ3n) is 3.95. The molecule has 0 spiro atoms. The molecule has 1 aliphatic heterocycles. The Labute approximate surface area is 153 Å². The second kappa shape index (κ2) is 6.76. The fourth-order valence-electron chi connectivity index (χ4n) is 2.58. The van der Waals surface area contributed by atoms with Crippen LogP contribution in [0.4, 0.5) is 15.2 Å². The van der Waals surface area contributed by atoms with E-state index in [2.05, 4.69) is 4.98 Å². The molecule has 4 rings (SSSR count). The minimum atomic E-state index is -0.452. The van der Waals surface area contributed by atoms with Gasteiger partial charge in [-0.05, 0) is 36.8 Å². The summed E-state index contributed by atoms with van der Waals surface area (Å²) in [4.78, 5) is 19.0. The third kappa shape index (κ3) is 3.01. The summed E-state index contributed by atoms with van der Waals surface area (Å²) in [7, 11) is 0. The average molecular weight is 370 g/mol. The summed E-state index contributed by atoms with van der Waals surface area (Å²) in [5.41, 5.74) is 1.65. The van der Waals surface area contributed by atoms with Gasteiger partial charge in [0, 0.05) is 0 Å². The Bertz CT molecular complexity index is 982. The molecule has 2 aromatic carbocycles. The van der Waals surface area contributed by atoms with Crippen molar-refractivity contribution in [1.82, 2.24) is 4.98 Å². The van der Waals surface area contributed by atoms with E-state index < -0.39 is 11.7 Å². The first-order valence-electron chi connectivity index (χ1n) is 8.04. The summed E-state index contributed by atoms with van der Waals surface area (Å²) < 4.78 is 25.7. The molecule has 3 aromatic rings. The van der Waals surface area contributed by atoms with Crippen LogP contribution in [0.3, 0.4) is 0 Å². The van der Waals surface area contributed by atoms with Gasteiger partial charge in [-0.1, -0.05) is 29.5 Å². The zero-order chi connectivity index (χ0) is 18.1. The predicted octanol–water partition coefficient (Wildman–Crippen LogP) is 4.30. The number of anilines is 2. The smallest absolute Gasteiger partial charge is 0.303 e. The summed E-state index contributed by atoms with van der Waals surface area (Å²) in [5.74, 6) is -0.778. The molecule has 0 unspecified atom stereocenters. The lowest BCUT2D eigenvalue weighted by Crippen LogP contribution is -2.30. The van der Waals surface area contributed by atoms with Crippen LogP contribution in [0.15, 0.2) is 54.5 Å². The number of amides is 1. The molecule has 0 fully saturated rings. The Morgan fingerprint density at radius 2 is 2.08 bits per heavy atom. The zero-order valence-corrected chi connectivity index (χ0v) is 14.8. The lowest BCUT2D eigenvalue weighted by atomic mass is 10.2. The molecule has 0 bridgehead atoms. The SMILES string of the molecule is Cc1ccc(N(C(=O)C2=COCCO2)c2nc3ccccc3s2)cc1F. The number of thiazole rings is 1. The van der Waals surface area contributed by atoms with Crippen molar-refractivity contribution in [2.45, 2.75) is 6.92 Å². The number of para-hydroxylation sites is 1. The Morgan fingerprint density at radius 3 is 2.81 bits per heavy atom. The highest BCUT2D eigenvalue weighted by Crippen LogP contribution is 2.35. The molecule has 1 aromatic heterocycles. The summed E-state index contributed by atoms with van der Waals surface area (Å²) in [6.45, 7) is 2.34. The van der Waals surface area contributed by atoms with Crippen LogP contribution in [-0.2, 0) is 14.3 Å². The van der Waals surface area contributed by atoms with Gasteiger partial charge in [0.2, 0.25) is 5.76 Å². The van der Waals surface area contributed by atoms with E-state index in [4.69, 9.17) is 9.47 Å². The monoisotopic (exact) mass is 370 g/mol. The molecule has 0 saturated heterocycles. The largest absolute Gasteiger partial charge is 0.494 e. The number of aromatic nitrogens is 1. The molecule has 0 atom stereocenters. The normalized spacial score (nSPS) is 13.7. The highest BCUT2D eigenvalue weighted by molar-refractivity contribution is 7.22. The molecule has 2 heterocycles. The van der Waals surface area contributed by atoms with E-state index in [-0.39, 0.29) is 12.4 Å². The molecule has 7 heteroatoms. The number of ether oxygens (including phenoxy) is 2. The maximum atomic E-state index is 14.1. The van der Waals surface area contributed by atoms with Gasteiger partial charge in [-0.2, -0.15) is 0 Å². The van der Waals surface area contributed by atoms with E-state index in [1.165, 1.54) is 28.6 Å². The number of fused-ring (bicyclic) bond motifs is 1. The van der Waals surface area contributed by atoms with Gasteiger partial charge >= 0.3 is 5.91 Å². The molecule has 1 aliphatic rings. The molecule has 5 nitrogen and oxygen atoms in total. The predicted molar refractivity (Wildman–Crippen MR) is 97.9 cm³/mol. The Balaban J connectivity index is 1.83. The lowest BCUT2D eigenvalue weighted by Gasteiger charge is -2.23. The number of nitrogens with zero attached hydrogens (tertiary/aromatic N) is 2. The van der Waals surface area contributed by atoms with E-state index in [1.807, 2.05) is 24.3 Å². The molecule has 0 saturated carbocycles.